The van der Waals surface area contributed by atoms with Crippen molar-refractivity contribution in [3.8, 4) is 0 Å². The molecule has 6 aromatic rings. The predicted octanol–water partition coefficient (Wildman–Crippen LogP) is 5.49. The minimum absolute atomic E-state index is 0.167. The molecule has 0 unspecified atom stereocenters. The van der Waals surface area contributed by atoms with E-state index in [1.807, 2.05) is 83.4 Å². The monoisotopic (exact) mass is 555 g/mol. The third kappa shape index (κ3) is 2.64. The zero-order valence-corrected chi connectivity index (χ0v) is 22.7. The van der Waals surface area contributed by atoms with Gasteiger partial charge < -0.3 is 19.0 Å². The first-order valence-corrected chi connectivity index (χ1v) is 14.2. The Morgan fingerprint density at radius 2 is 1.38 bits per heavy atom. The summed E-state index contributed by atoms with van der Waals surface area (Å²) in [6.07, 6.45) is 0.671. The lowest BCUT2D eigenvalue weighted by atomic mass is 9.95. The summed E-state index contributed by atoms with van der Waals surface area (Å²) in [6, 6.07) is 24.3. The quantitative estimate of drug-likeness (QED) is 0.230. The first-order valence-electron chi connectivity index (χ1n) is 14.2. The average molecular weight is 556 g/mol. The molecule has 3 atom stereocenters. The van der Waals surface area contributed by atoms with Crippen molar-refractivity contribution in [2.45, 2.75) is 37.1 Å². The van der Waals surface area contributed by atoms with Gasteiger partial charge in [0, 0.05) is 45.0 Å². The number of methoxy groups -OCH3 is 1. The van der Waals surface area contributed by atoms with Gasteiger partial charge in [0.2, 0.25) is 0 Å². The van der Waals surface area contributed by atoms with Crippen LogP contribution in [0.4, 0.5) is 0 Å². The molecule has 2 aliphatic heterocycles. The van der Waals surface area contributed by atoms with Crippen molar-refractivity contribution in [3.63, 3.8) is 0 Å². The van der Waals surface area contributed by atoms with Crippen LogP contribution in [0.15, 0.2) is 78.9 Å². The molecule has 8 nitrogen and oxygen atoms in total. The van der Waals surface area contributed by atoms with Gasteiger partial charge in [-0.25, -0.2) is 4.79 Å². The number of carbonyl (C=O) groups excluding carboxylic acids is 3. The molecule has 0 saturated heterocycles. The highest BCUT2D eigenvalue weighted by Crippen LogP contribution is 2.57. The second-order valence-corrected chi connectivity index (χ2v) is 11.7. The molecule has 9 rings (SSSR count). The molecule has 0 radical (unpaired) electrons. The Morgan fingerprint density at radius 3 is 2.00 bits per heavy atom. The number of rotatable bonds is 3. The predicted molar refractivity (Wildman–Crippen MR) is 157 cm³/mol. The van der Waals surface area contributed by atoms with Gasteiger partial charge in [-0.3, -0.25) is 14.5 Å². The van der Waals surface area contributed by atoms with Gasteiger partial charge in [0.1, 0.15) is 0 Å². The zero-order chi connectivity index (χ0) is 28.5. The van der Waals surface area contributed by atoms with E-state index < -0.39 is 17.6 Å². The van der Waals surface area contributed by atoms with E-state index in [1.54, 1.807) is 0 Å². The Morgan fingerprint density at radius 1 is 0.833 bits per heavy atom. The first kappa shape index (κ1) is 23.7. The van der Waals surface area contributed by atoms with E-state index in [1.165, 1.54) is 12.0 Å². The van der Waals surface area contributed by atoms with Gasteiger partial charge in [0.05, 0.1) is 41.9 Å². The number of fused-ring (bicyclic) bond motifs is 13. The van der Waals surface area contributed by atoms with Crippen LogP contribution >= 0.6 is 0 Å². The molecule has 1 saturated carbocycles. The molecule has 2 bridgehead atoms. The maximum atomic E-state index is 14.4. The highest BCUT2D eigenvalue weighted by atomic mass is 16.5. The number of nitrogens with zero attached hydrogens (tertiary/aromatic N) is 3. The second kappa shape index (κ2) is 7.86. The molecular formula is C34H25N3O5. The molecule has 1 N–H and O–H groups in total. The Balaban J connectivity index is 1.48. The fraction of sp³-hybridized carbons (Fsp3) is 0.206. The number of imide groups is 1. The number of carbonyl (C=O) groups is 3. The van der Waals surface area contributed by atoms with Gasteiger partial charge in [-0.2, -0.15) is 0 Å². The van der Waals surface area contributed by atoms with Crippen molar-refractivity contribution >= 4 is 61.4 Å². The van der Waals surface area contributed by atoms with Crippen molar-refractivity contribution < 1.29 is 24.2 Å². The van der Waals surface area contributed by atoms with Gasteiger partial charge in [-0.1, -0.05) is 66.7 Å². The van der Waals surface area contributed by atoms with Crippen LogP contribution in [0.2, 0.25) is 0 Å². The Bertz CT molecular complexity index is 2210. The van der Waals surface area contributed by atoms with Crippen LogP contribution in [0, 0.1) is 0 Å². The fourth-order valence-electron chi connectivity index (χ4n) is 8.09. The lowest BCUT2D eigenvalue weighted by Gasteiger charge is -2.30. The molecule has 4 aromatic carbocycles. The molecule has 0 spiro atoms. The molecule has 2 amide bonds. The van der Waals surface area contributed by atoms with Gasteiger partial charge in [0.25, 0.3) is 11.8 Å². The summed E-state index contributed by atoms with van der Waals surface area (Å²) < 4.78 is 9.40. The van der Waals surface area contributed by atoms with Crippen LogP contribution < -0.4 is 0 Å². The summed E-state index contributed by atoms with van der Waals surface area (Å²) in [7, 11) is 1.30. The maximum absolute atomic E-state index is 14.4. The molecule has 8 heteroatoms. The van der Waals surface area contributed by atoms with Gasteiger partial charge >= 0.3 is 5.97 Å². The van der Waals surface area contributed by atoms with Crippen molar-refractivity contribution in [2.24, 2.45) is 0 Å². The first-order chi connectivity index (χ1) is 20.4. The highest BCUT2D eigenvalue weighted by molar-refractivity contribution is 6.39. The summed E-state index contributed by atoms with van der Waals surface area (Å²) in [5.74, 6) is -1.31. The number of benzene rings is 4. The minimum atomic E-state index is -1.76. The van der Waals surface area contributed by atoms with E-state index in [4.69, 9.17) is 4.74 Å². The highest BCUT2D eigenvalue weighted by Gasteiger charge is 2.57. The van der Waals surface area contributed by atoms with E-state index in [0.717, 1.165) is 43.8 Å². The number of aromatic nitrogens is 2. The number of aliphatic hydroxyl groups is 1. The fourth-order valence-corrected chi connectivity index (χ4v) is 8.09. The normalized spacial score (nSPS) is 22.7. The zero-order valence-electron chi connectivity index (χ0n) is 22.7. The van der Waals surface area contributed by atoms with E-state index in [-0.39, 0.29) is 30.8 Å². The molecule has 1 aliphatic carbocycles. The molecule has 3 aliphatic rings. The molecule has 2 aromatic heterocycles. The minimum Gasteiger partial charge on any atom is -0.467 e. The largest absolute Gasteiger partial charge is 0.467 e. The summed E-state index contributed by atoms with van der Waals surface area (Å²) in [5, 5.41) is 15.1. The lowest BCUT2D eigenvalue weighted by molar-refractivity contribution is -0.165. The number of esters is 1. The Hall–Kier alpha value is -4.95. The summed E-state index contributed by atoms with van der Waals surface area (Å²) in [5.41, 5.74) is 3.25. The van der Waals surface area contributed by atoms with Gasteiger partial charge in [0.15, 0.2) is 5.60 Å². The Kier molecular flexibility index (Phi) is 4.44. The van der Waals surface area contributed by atoms with Crippen molar-refractivity contribution in [1.29, 1.82) is 0 Å². The number of ether oxygens (including phenoxy) is 1. The van der Waals surface area contributed by atoms with Crippen LogP contribution in [0.5, 0.6) is 0 Å². The third-order valence-corrected chi connectivity index (χ3v) is 9.71. The lowest BCUT2D eigenvalue weighted by Crippen LogP contribution is -2.44. The number of hydrogen-bond acceptors (Lipinski definition) is 5. The van der Waals surface area contributed by atoms with Crippen LogP contribution in [0.25, 0.3) is 43.6 Å². The van der Waals surface area contributed by atoms with Crippen molar-refractivity contribution in [1.82, 2.24) is 14.0 Å². The average Bonchev–Trinajstić information content (AvgIpc) is 3.68. The van der Waals surface area contributed by atoms with E-state index >= 15 is 0 Å². The van der Waals surface area contributed by atoms with Crippen LogP contribution in [0.1, 0.15) is 51.2 Å². The smallest absolute Gasteiger partial charge is 0.340 e. The summed E-state index contributed by atoms with van der Waals surface area (Å²) in [6.45, 7) is 0.167. The number of hydrogen-bond donors (Lipinski definition) is 1. The van der Waals surface area contributed by atoms with E-state index in [2.05, 4.69) is 4.57 Å². The second-order valence-electron chi connectivity index (χ2n) is 11.7. The van der Waals surface area contributed by atoms with Crippen LogP contribution in [-0.2, 0) is 16.1 Å². The Labute approximate surface area is 239 Å². The molecule has 206 valence electrons. The maximum Gasteiger partial charge on any atom is 0.340 e. The van der Waals surface area contributed by atoms with E-state index in [0.29, 0.717) is 22.9 Å². The third-order valence-electron chi connectivity index (χ3n) is 9.71. The SMILES string of the molecule is COC(=O)[C@@]1(O)C[C@H]2C[C@@H]1n1c3ccccc3c3c4c(c5c6ccccc6n2c5c31)C(=O)N(Cc1ccccc1)C4=O. The van der Waals surface area contributed by atoms with Gasteiger partial charge in [-0.05, 0) is 24.1 Å². The number of amides is 2. The number of para-hydroxylation sites is 2. The topological polar surface area (TPSA) is 93.8 Å². The van der Waals surface area contributed by atoms with Crippen LogP contribution in [-0.4, -0.2) is 49.6 Å². The summed E-state index contributed by atoms with van der Waals surface area (Å²) >= 11 is 0. The molecule has 42 heavy (non-hydrogen) atoms. The van der Waals surface area contributed by atoms with Gasteiger partial charge in [-0.15, -0.1) is 0 Å². The van der Waals surface area contributed by atoms with E-state index in [9.17, 15) is 19.5 Å². The standard InChI is InChI=1S/C34H25N3O5/c1-42-33(40)34(41)16-19-15-24(34)37-23-14-8-6-12-21(23)26-28-27(31(38)35(32(28)39)17-18-9-3-2-4-10-18)25-20-11-5-7-13-22(20)36(19)29(25)30(26)37/h2-14,19,24,41H,15-17H2,1H3/t19-,24+,34-/m1/s1. The molecular weight excluding hydrogens is 530 g/mol. The molecule has 4 heterocycles. The van der Waals surface area contributed by atoms with Crippen molar-refractivity contribution in [3.05, 3.63) is 95.6 Å². The van der Waals surface area contributed by atoms with Crippen molar-refractivity contribution in [2.75, 3.05) is 7.11 Å². The van der Waals surface area contributed by atoms with Crippen LogP contribution in [0.3, 0.4) is 0 Å². The summed E-state index contributed by atoms with van der Waals surface area (Å²) in [4.78, 5) is 43.3. The molecule has 1 fully saturated rings.